The predicted molar refractivity (Wildman–Crippen MR) is 86.6 cm³/mol. The monoisotopic (exact) mass is 278 g/mol. The Morgan fingerprint density at radius 1 is 1.15 bits per heavy atom. The molecule has 0 fully saturated rings. The molecule has 0 aliphatic rings. The normalized spacial score (nSPS) is 12.8. The van der Waals surface area contributed by atoms with Gasteiger partial charge in [0.25, 0.3) is 0 Å². The van der Waals surface area contributed by atoms with Gasteiger partial charge in [0.05, 0.1) is 0 Å². The third-order valence-electron chi connectivity index (χ3n) is 3.63. The number of aryl methyl sites for hydroxylation is 2. The van der Waals surface area contributed by atoms with Crippen molar-refractivity contribution in [3.8, 4) is 5.75 Å². The molecule has 0 bridgehead atoms. The zero-order chi connectivity index (χ0) is 15.1. The second kappa shape index (κ2) is 8.28. The molecule has 0 aromatic heterocycles. The fourth-order valence-electron chi connectivity index (χ4n) is 2.57. The van der Waals surface area contributed by atoms with E-state index >= 15 is 0 Å². The second-order valence-corrected chi connectivity index (χ2v) is 5.62. The van der Waals surface area contributed by atoms with Gasteiger partial charge in [-0.1, -0.05) is 26.0 Å². The average Bonchev–Trinajstić information content (AvgIpc) is 2.36. The predicted octanol–water partition coefficient (Wildman–Crippen LogP) is 2.91. The number of rotatable bonds is 8. The number of ether oxygens (including phenoxy) is 1. The van der Waals surface area contributed by atoms with Crippen molar-refractivity contribution in [3.63, 3.8) is 0 Å². The Balaban J connectivity index is 2.66. The number of likely N-dealkylation sites (N-methyl/N-ethyl adjacent to an activating group) is 1. The van der Waals surface area contributed by atoms with Gasteiger partial charge in [-0.2, -0.15) is 0 Å². The van der Waals surface area contributed by atoms with Crippen molar-refractivity contribution in [1.29, 1.82) is 0 Å². The molecule has 0 saturated heterocycles. The summed E-state index contributed by atoms with van der Waals surface area (Å²) in [4.78, 5) is 2.37. The van der Waals surface area contributed by atoms with Crippen molar-refractivity contribution in [2.75, 3.05) is 26.2 Å². The molecule has 20 heavy (non-hydrogen) atoms. The van der Waals surface area contributed by atoms with Crippen molar-refractivity contribution >= 4 is 0 Å². The van der Waals surface area contributed by atoms with Crippen LogP contribution in [-0.4, -0.2) is 37.2 Å². The maximum Gasteiger partial charge on any atom is 0.125 e. The van der Waals surface area contributed by atoms with E-state index < -0.39 is 0 Å². The van der Waals surface area contributed by atoms with E-state index in [1.54, 1.807) is 0 Å². The molecule has 0 amide bonds. The topological polar surface area (TPSA) is 38.5 Å². The molecule has 1 aromatic carbocycles. The molecule has 0 aliphatic heterocycles. The van der Waals surface area contributed by atoms with Crippen LogP contribution >= 0.6 is 0 Å². The lowest BCUT2D eigenvalue weighted by molar-refractivity contribution is 0.221. The van der Waals surface area contributed by atoms with E-state index in [0.717, 1.165) is 38.4 Å². The van der Waals surface area contributed by atoms with Gasteiger partial charge in [-0.15, -0.1) is 0 Å². The van der Waals surface area contributed by atoms with E-state index in [4.69, 9.17) is 10.5 Å². The van der Waals surface area contributed by atoms with Gasteiger partial charge in [0, 0.05) is 12.6 Å². The summed E-state index contributed by atoms with van der Waals surface area (Å²) >= 11 is 0. The number of benzene rings is 1. The number of hydrogen-bond acceptors (Lipinski definition) is 3. The molecule has 0 heterocycles. The molecule has 0 spiro atoms. The molecule has 0 radical (unpaired) electrons. The largest absolute Gasteiger partial charge is 0.492 e. The SMILES string of the molecule is CCN(CC)CCOc1c(C)cc(CC(C)N)cc1C. The molecule has 3 nitrogen and oxygen atoms in total. The number of nitrogens with two attached hydrogens (primary N) is 1. The molecule has 1 atom stereocenters. The lowest BCUT2D eigenvalue weighted by Crippen LogP contribution is -2.28. The molecular formula is C17H30N2O. The van der Waals surface area contributed by atoms with Crippen LogP contribution in [0.15, 0.2) is 12.1 Å². The Kier molecular flexibility index (Phi) is 7.03. The fourth-order valence-corrected chi connectivity index (χ4v) is 2.57. The van der Waals surface area contributed by atoms with Gasteiger partial charge >= 0.3 is 0 Å². The summed E-state index contributed by atoms with van der Waals surface area (Å²) in [6.07, 6.45) is 0.918. The number of hydrogen-bond donors (Lipinski definition) is 1. The average molecular weight is 278 g/mol. The summed E-state index contributed by atoms with van der Waals surface area (Å²) < 4.78 is 5.99. The highest BCUT2D eigenvalue weighted by atomic mass is 16.5. The fraction of sp³-hybridized carbons (Fsp3) is 0.647. The van der Waals surface area contributed by atoms with Crippen LogP contribution in [0.3, 0.4) is 0 Å². The van der Waals surface area contributed by atoms with Gasteiger partial charge in [0.1, 0.15) is 12.4 Å². The molecule has 0 saturated carbocycles. The minimum absolute atomic E-state index is 0.197. The molecule has 114 valence electrons. The standard InChI is InChI=1S/C17H30N2O/c1-6-19(7-2)8-9-20-17-13(3)10-16(11-14(17)4)12-15(5)18/h10-11,15H,6-9,12,18H2,1-5H3. The summed E-state index contributed by atoms with van der Waals surface area (Å²) in [5.74, 6) is 1.03. The molecular weight excluding hydrogens is 248 g/mol. The van der Waals surface area contributed by atoms with Crippen molar-refractivity contribution < 1.29 is 4.74 Å². The molecule has 0 aliphatic carbocycles. The molecule has 1 unspecified atom stereocenters. The van der Waals surface area contributed by atoms with E-state index in [2.05, 4.69) is 44.7 Å². The van der Waals surface area contributed by atoms with E-state index in [-0.39, 0.29) is 6.04 Å². The summed E-state index contributed by atoms with van der Waals surface area (Å²) in [6, 6.07) is 4.59. The third kappa shape index (κ3) is 5.14. The highest BCUT2D eigenvalue weighted by Crippen LogP contribution is 2.25. The minimum atomic E-state index is 0.197. The van der Waals surface area contributed by atoms with Crippen molar-refractivity contribution in [2.24, 2.45) is 5.73 Å². The van der Waals surface area contributed by atoms with Crippen LogP contribution in [0.4, 0.5) is 0 Å². The lowest BCUT2D eigenvalue weighted by atomic mass is 10.0. The van der Waals surface area contributed by atoms with Gasteiger partial charge in [-0.05, 0) is 57.0 Å². The zero-order valence-corrected chi connectivity index (χ0v) is 13.7. The van der Waals surface area contributed by atoms with Crippen LogP contribution in [0.2, 0.25) is 0 Å². The van der Waals surface area contributed by atoms with Crippen molar-refractivity contribution in [1.82, 2.24) is 4.90 Å². The summed E-state index contributed by atoms with van der Waals surface area (Å²) in [5.41, 5.74) is 9.58. The molecule has 1 aromatic rings. The smallest absolute Gasteiger partial charge is 0.125 e. The van der Waals surface area contributed by atoms with E-state index in [0.29, 0.717) is 0 Å². The van der Waals surface area contributed by atoms with Crippen LogP contribution in [0.1, 0.15) is 37.5 Å². The highest BCUT2D eigenvalue weighted by Gasteiger charge is 2.08. The Bertz CT molecular complexity index is 388. The van der Waals surface area contributed by atoms with Gasteiger partial charge in [-0.3, -0.25) is 0 Å². The first-order valence-corrected chi connectivity index (χ1v) is 7.68. The van der Waals surface area contributed by atoms with Crippen molar-refractivity contribution in [3.05, 3.63) is 28.8 Å². The first-order valence-electron chi connectivity index (χ1n) is 7.68. The zero-order valence-electron chi connectivity index (χ0n) is 13.7. The Morgan fingerprint density at radius 3 is 2.15 bits per heavy atom. The van der Waals surface area contributed by atoms with Crippen LogP contribution < -0.4 is 10.5 Å². The van der Waals surface area contributed by atoms with Gasteiger partial charge in [0.15, 0.2) is 0 Å². The first kappa shape index (κ1) is 17.0. The molecule has 2 N–H and O–H groups in total. The maximum atomic E-state index is 5.99. The second-order valence-electron chi connectivity index (χ2n) is 5.62. The summed E-state index contributed by atoms with van der Waals surface area (Å²) in [5, 5.41) is 0. The quantitative estimate of drug-likeness (QED) is 0.794. The highest BCUT2D eigenvalue weighted by molar-refractivity contribution is 5.43. The molecule has 1 rings (SSSR count). The van der Waals surface area contributed by atoms with E-state index in [9.17, 15) is 0 Å². The third-order valence-corrected chi connectivity index (χ3v) is 3.63. The van der Waals surface area contributed by atoms with Crippen LogP contribution in [-0.2, 0) is 6.42 Å². The van der Waals surface area contributed by atoms with Gasteiger partial charge in [-0.25, -0.2) is 0 Å². The minimum Gasteiger partial charge on any atom is -0.492 e. The van der Waals surface area contributed by atoms with Gasteiger partial charge in [0.2, 0.25) is 0 Å². The van der Waals surface area contributed by atoms with Crippen molar-refractivity contribution in [2.45, 2.75) is 47.1 Å². The lowest BCUT2D eigenvalue weighted by Gasteiger charge is -2.20. The summed E-state index contributed by atoms with van der Waals surface area (Å²) in [6.45, 7) is 14.5. The first-order chi connectivity index (χ1) is 9.47. The Morgan fingerprint density at radius 2 is 1.70 bits per heavy atom. The van der Waals surface area contributed by atoms with Gasteiger partial charge < -0.3 is 15.4 Å². The van der Waals surface area contributed by atoms with E-state index in [1.165, 1.54) is 16.7 Å². The van der Waals surface area contributed by atoms with Crippen LogP contribution in [0, 0.1) is 13.8 Å². The number of nitrogens with zero attached hydrogens (tertiary/aromatic N) is 1. The summed E-state index contributed by atoms with van der Waals surface area (Å²) in [7, 11) is 0. The van der Waals surface area contributed by atoms with Crippen LogP contribution in [0.5, 0.6) is 5.75 Å². The molecule has 3 heteroatoms. The van der Waals surface area contributed by atoms with E-state index in [1.807, 2.05) is 6.92 Å². The Hall–Kier alpha value is -1.06. The Labute approximate surface area is 124 Å². The van der Waals surface area contributed by atoms with Crippen LogP contribution in [0.25, 0.3) is 0 Å². The maximum absolute atomic E-state index is 5.99.